The molecule has 0 unspecified atom stereocenters. The average Bonchev–Trinajstić information content (AvgIpc) is 2.87. The fraction of sp³-hybridized carbons (Fsp3) is 0.167. The van der Waals surface area contributed by atoms with E-state index in [2.05, 4.69) is 26.4 Å². The second kappa shape index (κ2) is 12.5. The molecule has 3 aromatic rings. The number of pyridine rings is 1. The molecule has 174 valence electrons. The molecule has 1 heterocycles. The molecule has 0 aliphatic carbocycles. The van der Waals surface area contributed by atoms with Crippen LogP contribution in [0.15, 0.2) is 66.9 Å². The number of hydrogen-bond acceptors (Lipinski definition) is 7. The Morgan fingerprint density at radius 1 is 1.06 bits per heavy atom. The highest BCUT2D eigenvalue weighted by molar-refractivity contribution is 5.99. The number of para-hydroxylation sites is 1. The van der Waals surface area contributed by atoms with E-state index in [4.69, 9.17) is 15.2 Å². The number of rotatable bonds is 10. The number of hydroxylamine groups is 1. The summed E-state index contributed by atoms with van der Waals surface area (Å²) in [4.78, 5) is 33.8. The van der Waals surface area contributed by atoms with Crippen molar-refractivity contribution in [3.63, 3.8) is 0 Å². The molecule has 0 aliphatic rings. The molecule has 0 aliphatic heterocycles. The Morgan fingerprint density at radius 3 is 2.62 bits per heavy atom. The van der Waals surface area contributed by atoms with Gasteiger partial charge in [0.1, 0.15) is 5.82 Å². The molecular weight excluding hydrogens is 436 g/mol. The van der Waals surface area contributed by atoms with Crippen LogP contribution >= 0.6 is 0 Å². The number of aromatic nitrogens is 1. The van der Waals surface area contributed by atoms with Gasteiger partial charge in [-0.1, -0.05) is 24.3 Å². The number of anilines is 2. The molecule has 0 atom stereocenters. The molecule has 1 aromatic heterocycles. The van der Waals surface area contributed by atoms with Crippen molar-refractivity contribution in [1.82, 2.24) is 15.8 Å². The Kier molecular flexibility index (Phi) is 8.92. The third kappa shape index (κ3) is 7.30. The number of aliphatic hydroxyl groups is 1. The molecule has 34 heavy (non-hydrogen) atoms. The topological polar surface area (TPSA) is 148 Å². The summed E-state index contributed by atoms with van der Waals surface area (Å²) in [6.07, 6.45) is 1.56. The van der Waals surface area contributed by atoms with E-state index in [0.717, 1.165) is 11.1 Å². The van der Waals surface area contributed by atoms with Crippen molar-refractivity contribution in [2.45, 2.75) is 13.2 Å². The number of carbonyl (C=O) groups excluding carboxylic acids is 2. The normalized spacial score (nSPS) is 10.1. The minimum absolute atomic E-state index is 0.142. The van der Waals surface area contributed by atoms with Crippen LogP contribution in [0.3, 0.4) is 0 Å². The Hall–Kier alpha value is -4.46. The summed E-state index contributed by atoms with van der Waals surface area (Å²) in [5.41, 5.74) is 5.64. The van der Waals surface area contributed by atoms with Gasteiger partial charge < -0.3 is 15.7 Å². The molecule has 10 nitrogen and oxygen atoms in total. The van der Waals surface area contributed by atoms with Gasteiger partial charge in [-0.2, -0.15) is 5.26 Å². The van der Waals surface area contributed by atoms with Gasteiger partial charge in [-0.15, -0.1) is 0 Å². The van der Waals surface area contributed by atoms with Crippen LogP contribution in [0, 0.1) is 11.3 Å². The molecule has 0 bridgehead atoms. The minimum Gasteiger partial charge on any atom is -0.395 e. The number of hydrogen-bond donors (Lipinski definition) is 5. The van der Waals surface area contributed by atoms with E-state index in [1.165, 1.54) is 0 Å². The van der Waals surface area contributed by atoms with Crippen LogP contribution in [0.5, 0.6) is 0 Å². The molecule has 0 saturated heterocycles. The fourth-order valence-electron chi connectivity index (χ4n) is 2.93. The van der Waals surface area contributed by atoms with Crippen LogP contribution in [-0.2, 0) is 18.0 Å². The standard InChI is InChI=1S/C24H24N6O4/c25-14-17-5-7-18(8-6-17)16-34-30-23(32)20-3-1-2-4-21(20)28-15-19-9-10-26-22(13-19)29-24(33)27-11-12-31/h1-10,13,28,31H,11-12,15-16H2,(H,30,32)(H2,26,27,29,33). The van der Waals surface area contributed by atoms with Gasteiger partial charge in [0, 0.05) is 25.0 Å². The Balaban J connectivity index is 1.55. The lowest BCUT2D eigenvalue weighted by Gasteiger charge is -2.13. The molecule has 0 saturated carbocycles. The monoisotopic (exact) mass is 460 g/mol. The SMILES string of the molecule is N#Cc1ccc(CONC(=O)c2ccccc2NCc2ccnc(NC(=O)NCCO)c2)cc1. The zero-order valence-electron chi connectivity index (χ0n) is 18.2. The van der Waals surface area contributed by atoms with Crippen LogP contribution in [0.1, 0.15) is 27.0 Å². The van der Waals surface area contributed by atoms with E-state index in [0.29, 0.717) is 29.2 Å². The van der Waals surface area contributed by atoms with Crippen molar-refractivity contribution in [1.29, 1.82) is 5.26 Å². The van der Waals surface area contributed by atoms with E-state index in [1.807, 2.05) is 12.1 Å². The summed E-state index contributed by atoms with van der Waals surface area (Å²) in [5.74, 6) is -0.0497. The summed E-state index contributed by atoms with van der Waals surface area (Å²) in [6, 6.07) is 19.0. The maximum absolute atomic E-state index is 12.6. The predicted molar refractivity (Wildman–Crippen MR) is 126 cm³/mol. The molecule has 5 N–H and O–H groups in total. The lowest BCUT2D eigenvalue weighted by molar-refractivity contribution is 0.0234. The smallest absolute Gasteiger partial charge is 0.320 e. The zero-order valence-corrected chi connectivity index (χ0v) is 18.2. The predicted octanol–water partition coefficient (Wildman–Crippen LogP) is 2.54. The van der Waals surface area contributed by atoms with Crippen molar-refractivity contribution in [3.8, 4) is 6.07 Å². The zero-order chi connectivity index (χ0) is 24.2. The van der Waals surface area contributed by atoms with Gasteiger partial charge >= 0.3 is 6.03 Å². The van der Waals surface area contributed by atoms with E-state index < -0.39 is 11.9 Å². The Morgan fingerprint density at radius 2 is 1.85 bits per heavy atom. The number of nitriles is 1. The highest BCUT2D eigenvalue weighted by atomic mass is 16.6. The van der Waals surface area contributed by atoms with Crippen molar-refractivity contribution < 1.29 is 19.5 Å². The molecule has 3 amide bonds. The maximum atomic E-state index is 12.6. The van der Waals surface area contributed by atoms with Gasteiger partial charge in [-0.25, -0.2) is 15.3 Å². The lowest BCUT2D eigenvalue weighted by Crippen LogP contribution is -2.31. The number of urea groups is 1. The molecule has 2 aromatic carbocycles. The molecule has 0 radical (unpaired) electrons. The summed E-state index contributed by atoms with van der Waals surface area (Å²) in [7, 11) is 0. The van der Waals surface area contributed by atoms with Crippen molar-refractivity contribution in [2.75, 3.05) is 23.8 Å². The van der Waals surface area contributed by atoms with Crippen molar-refractivity contribution in [2.24, 2.45) is 0 Å². The Labute approximate surface area is 196 Å². The van der Waals surface area contributed by atoms with Gasteiger partial charge in [-0.3, -0.25) is 14.9 Å². The first kappa shape index (κ1) is 24.2. The van der Waals surface area contributed by atoms with Crippen LogP contribution in [0.25, 0.3) is 0 Å². The third-order valence-electron chi connectivity index (χ3n) is 4.60. The van der Waals surface area contributed by atoms with Crippen LogP contribution in [0.2, 0.25) is 0 Å². The third-order valence-corrected chi connectivity index (χ3v) is 4.60. The minimum atomic E-state index is -0.463. The highest BCUT2D eigenvalue weighted by Crippen LogP contribution is 2.17. The molecule has 0 fully saturated rings. The van der Waals surface area contributed by atoms with Gasteiger partial charge in [0.25, 0.3) is 5.91 Å². The second-order valence-corrected chi connectivity index (χ2v) is 7.08. The number of carbonyl (C=O) groups is 2. The molecular formula is C24H24N6O4. The number of aliphatic hydroxyl groups excluding tert-OH is 1. The lowest BCUT2D eigenvalue weighted by atomic mass is 10.1. The quantitative estimate of drug-likeness (QED) is 0.292. The van der Waals surface area contributed by atoms with Crippen molar-refractivity contribution >= 4 is 23.4 Å². The first-order chi connectivity index (χ1) is 16.6. The second-order valence-electron chi connectivity index (χ2n) is 7.08. The molecule has 10 heteroatoms. The van der Waals surface area contributed by atoms with Crippen molar-refractivity contribution in [3.05, 3.63) is 89.1 Å². The molecule has 3 rings (SSSR count). The number of benzene rings is 2. The van der Waals surface area contributed by atoms with Gasteiger partial charge in [-0.05, 0) is 47.5 Å². The van der Waals surface area contributed by atoms with Crippen LogP contribution in [-0.4, -0.2) is 35.2 Å². The maximum Gasteiger partial charge on any atom is 0.320 e. The van der Waals surface area contributed by atoms with Gasteiger partial charge in [0.2, 0.25) is 0 Å². The first-order valence-electron chi connectivity index (χ1n) is 10.4. The van der Waals surface area contributed by atoms with Gasteiger partial charge in [0.05, 0.1) is 30.4 Å². The number of nitrogens with zero attached hydrogens (tertiary/aromatic N) is 2. The van der Waals surface area contributed by atoms with E-state index in [9.17, 15) is 9.59 Å². The van der Waals surface area contributed by atoms with Crippen LogP contribution in [0.4, 0.5) is 16.3 Å². The number of nitrogens with one attached hydrogen (secondary N) is 4. The largest absolute Gasteiger partial charge is 0.395 e. The molecule has 0 spiro atoms. The summed E-state index contributed by atoms with van der Waals surface area (Å²) in [5, 5.41) is 25.9. The summed E-state index contributed by atoms with van der Waals surface area (Å²) >= 11 is 0. The Bertz CT molecular complexity index is 1160. The first-order valence-corrected chi connectivity index (χ1v) is 10.4. The fourth-order valence-corrected chi connectivity index (χ4v) is 2.93. The summed E-state index contributed by atoms with van der Waals surface area (Å²) in [6.45, 7) is 0.527. The van der Waals surface area contributed by atoms with Gasteiger partial charge in [0.15, 0.2) is 0 Å². The highest BCUT2D eigenvalue weighted by Gasteiger charge is 2.11. The van der Waals surface area contributed by atoms with E-state index in [-0.39, 0.29) is 19.8 Å². The average molecular weight is 460 g/mol. The number of amides is 3. The van der Waals surface area contributed by atoms with E-state index >= 15 is 0 Å². The summed E-state index contributed by atoms with van der Waals surface area (Å²) < 4.78 is 0. The van der Waals surface area contributed by atoms with E-state index in [1.54, 1.807) is 60.8 Å². The van der Waals surface area contributed by atoms with Crippen LogP contribution < -0.4 is 21.4 Å².